The second-order valence-corrected chi connectivity index (χ2v) is 11.6. The second kappa shape index (κ2) is 18.4. The zero-order valence-corrected chi connectivity index (χ0v) is 28.2. The van der Waals surface area contributed by atoms with Gasteiger partial charge in [0.05, 0.1) is 57.3 Å². The monoisotopic (exact) mass is 679 g/mol. The van der Waals surface area contributed by atoms with Gasteiger partial charge in [-0.15, -0.1) is 0 Å². The first-order chi connectivity index (χ1) is 24.4. The summed E-state index contributed by atoms with van der Waals surface area (Å²) in [5.74, 6) is -1.20. The molecule has 10 heteroatoms. The minimum absolute atomic E-state index is 0.0599. The Morgan fingerprint density at radius 2 is 1.34 bits per heavy atom. The van der Waals surface area contributed by atoms with Crippen molar-refractivity contribution < 1.29 is 42.8 Å². The van der Waals surface area contributed by atoms with E-state index in [0.717, 1.165) is 16.7 Å². The van der Waals surface area contributed by atoms with Crippen LogP contribution in [0.25, 0.3) is 10.9 Å². The molecule has 0 aliphatic carbocycles. The molecule has 1 N–H and O–H groups in total. The van der Waals surface area contributed by atoms with Gasteiger partial charge < -0.3 is 33.4 Å². The number of H-pyrrole nitrogens is 1. The number of carbonyl (C=O) groups is 3. The van der Waals surface area contributed by atoms with E-state index in [0.29, 0.717) is 41.9 Å². The van der Waals surface area contributed by atoms with E-state index in [9.17, 15) is 14.4 Å². The lowest BCUT2D eigenvalue weighted by atomic mass is 9.96. The van der Waals surface area contributed by atoms with Gasteiger partial charge in [-0.05, 0) is 34.4 Å². The van der Waals surface area contributed by atoms with Gasteiger partial charge in [0.2, 0.25) is 0 Å². The molecule has 0 aliphatic rings. The van der Waals surface area contributed by atoms with Crippen molar-refractivity contribution in [2.75, 3.05) is 26.9 Å². The van der Waals surface area contributed by atoms with Crippen LogP contribution in [0.1, 0.15) is 56.4 Å². The van der Waals surface area contributed by atoms with E-state index in [2.05, 4.69) is 4.98 Å². The lowest BCUT2D eigenvalue weighted by Crippen LogP contribution is -2.24. The number of rotatable bonds is 18. The van der Waals surface area contributed by atoms with Crippen molar-refractivity contribution in [3.8, 4) is 5.75 Å². The number of aromatic amines is 1. The predicted octanol–water partition coefficient (Wildman–Crippen LogP) is 6.99. The highest BCUT2D eigenvalue weighted by Crippen LogP contribution is 2.34. The molecule has 5 aromatic rings. The van der Waals surface area contributed by atoms with Crippen molar-refractivity contribution in [1.29, 1.82) is 0 Å². The molecule has 10 nitrogen and oxygen atoms in total. The summed E-state index contributed by atoms with van der Waals surface area (Å²) >= 11 is 0. The molecular formula is C40H41NO9. The lowest BCUT2D eigenvalue weighted by molar-refractivity contribution is -0.141. The highest BCUT2D eigenvalue weighted by Gasteiger charge is 2.26. The standard InChI is InChI=1S/C40H41NO9/c1-28(42)47-19-12-20-48-37-23-35(39(43)50-26-31-17-10-5-11-18-31)33(34-22-36(40(44)45-2)41-38(34)37)21-32(49-25-30-15-8-4-9-16-30)27-46-24-29-13-6-3-7-14-29/h3-11,13-18,22-23,32,41H,12,19-21,24-27H2,1-2H3/t32-/m0/s1. The van der Waals surface area contributed by atoms with Crippen molar-refractivity contribution in [1.82, 2.24) is 4.98 Å². The number of nitrogens with one attached hydrogen (secondary N) is 1. The molecule has 0 saturated heterocycles. The molecule has 0 aliphatic heterocycles. The fourth-order valence-corrected chi connectivity index (χ4v) is 5.38. The van der Waals surface area contributed by atoms with Crippen LogP contribution in [0.2, 0.25) is 0 Å². The van der Waals surface area contributed by atoms with E-state index in [1.807, 2.05) is 91.0 Å². The Bertz CT molecular complexity index is 1840. The summed E-state index contributed by atoms with van der Waals surface area (Å²) in [7, 11) is 1.30. The zero-order valence-electron chi connectivity index (χ0n) is 28.2. The first kappa shape index (κ1) is 35.8. The molecule has 1 heterocycles. The first-order valence-corrected chi connectivity index (χ1v) is 16.4. The average molecular weight is 680 g/mol. The average Bonchev–Trinajstić information content (AvgIpc) is 3.60. The van der Waals surface area contributed by atoms with Gasteiger partial charge in [-0.2, -0.15) is 0 Å². The van der Waals surface area contributed by atoms with Gasteiger partial charge in [-0.3, -0.25) is 4.79 Å². The molecule has 4 aromatic carbocycles. The summed E-state index contributed by atoms with van der Waals surface area (Å²) in [6, 6.07) is 32.3. The summed E-state index contributed by atoms with van der Waals surface area (Å²) in [5, 5.41) is 0.575. The van der Waals surface area contributed by atoms with Crippen LogP contribution < -0.4 is 4.74 Å². The maximum atomic E-state index is 13.9. The minimum Gasteiger partial charge on any atom is -0.491 e. The molecule has 0 fully saturated rings. The van der Waals surface area contributed by atoms with Crippen molar-refractivity contribution in [2.24, 2.45) is 0 Å². The number of hydrogen-bond acceptors (Lipinski definition) is 9. The Kier molecular flexibility index (Phi) is 13.2. The van der Waals surface area contributed by atoms with Crippen LogP contribution in [0.15, 0.2) is 103 Å². The Hall–Kier alpha value is -5.45. The van der Waals surface area contributed by atoms with E-state index in [-0.39, 0.29) is 50.1 Å². The summed E-state index contributed by atoms with van der Waals surface area (Å²) in [6.07, 6.45) is 0.170. The Morgan fingerprint density at radius 3 is 1.96 bits per heavy atom. The van der Waals surface area contributed by atoms with Gasteiger partial charge in [-0.1, -0.05) is 91.0 Å². The van der Waals surface area contributed by atoms with Crippen molar-refractivity contribution >= 4 is 28.8 Å². The van der Waals surface area contributed by atoms with E-state index < -0.39 is 18.0 Å². The molecule has 1 atom stereocenters. The Labute approximate surface area is 291 Å². The second-order valence-electron chi connectivity index (χ2n) is 11.6. The van der Waals surface area contributed by atoms with Gasteiger partial charge >= 0.3 is 17.9 Å². The smallest absolute Gasteiger partial charge is 0.354 e. The first-order valence-electron chi connectivity index (χ1n) is 16.4. The number of fused-ring (bicyclic) bond motifs is 1. The number of esters is 3. The number of methoxy groups -OCH3 is 1. The van der Waals surface area contributed by atoms with Crippen molar-refractivity contribution in [2.45, 2.75) is 45.7 Å². The van der Waals surface area contributed by atoms with E-state index in [1.54, 1.807) is 12.1 Å². The minimum atomic E-state index is -0.579. The highest BCUT2D eigenvalue weighted by molar-refractivity contribution is 6.04. The maximum absolute atomic E-state index is 13.9. The predicted molar refractivity (Wildman–Crippen MR) is 187 cm³/mol. The summed E-state index contributed by atoms with van der Waals surface area (Å²) in [5.41, 5.74) is 4.38. The quantitative estimate of drug-likeness (QED) is 0.0593. The fraction of sp³-hybridized carbons (Fsp3) is 0.275. The summed E-state index contributed by atoms with van der Waals surface area (Å²) < 4.78 is 34.6. The van der Waals surface area contributed by atoms with E-state index in [4.69, 9.17) is 28.4 Å². The molecule has 0 saturated carbocycles. The number of carbonyl (C=O) groups excluding carboxylic acids is 3. The molecule has 50 heavy (non-hydrogen) atoms. The van der Waals surface area contributed by atoms with E-state index >= 15 is 0 Å². The Morgan fingerprint density at radius 1 is 0.720 bits per heavy atom. The molecular weight excluding hydrogens is 638 g/mol. The van der Waals surface area contributed by atoms with Crippen molar-refractivity contribution in [3.05, 3.63) is 137 Å². The van der Waals surface area contributed by atoms with Gasteiger partial charge in [0.25, 0.3) is 0 Å². The number of benzene rings is 4. The summed E-state index contributed by atoms with van der Waals surface area (Å²) in [6.45, 7) is 2.68. The molecule has 1 aromatic heterocycles. The largest absolute Gasteiger partial charge is 0.491 e. The van der Waals surface area contributed by atoms with Crippen LogP contribution in [-0.4, -0.2) is 55.9 Å². The van der Waals surface area contributed by atoms with Gasteiger partial charge in [0, 0.05) is 25.2 Å². The molecule has 0 radical (unpaired) electrons. The highest BCUT2D eigenvalue weighted by atomic mass is 16.5. The maximum Gasteiger partial charge on any atom is 0.354 e. The molecule has 5 rings (SSSR count). The lowest BCUT2D eigenvalue weighted by Gasteiger charge is -2.21. The topological polar surface area (TPSA) is 122 Å². The molecule has 0 amide bonds. The molecule has 0 spiro atoms. The van der Waals surface area contributed by atoms with Crippen molar-refractivity contribution in [3.63, 3.8) is 0 Å². The fourth-order valence-electron chi connectivity index (χ4n) is 5.38. The molecule has 0 unspecified atom stereocenters. The van der Waals surface area contributed by atoms with Gasteiger partial charge in [0.1, 0.15) is 18.1 Å². The van der Waals surface area contributed by atoms with Crippen LogP contribution in [0, 0.1) is 0 Å². The van der Waals surface area contributed by atoms with Gasteiger partial charge in [-0.25, -0.2) is 9.59 Å². The molecule has 0 bridgehead atoms. The van der Waals surface area contributed by atoms with Crippen LogP contribution in [-0.2, 0) is 54.7 Å². The SMILES string of the molecule is COC(=O)c1cc2c(C[C@@H](COCc3ccccc3)OCc3ccccc3)c(C(=O)OCc3ccccc3)cc(OCCCOC(C)=O)c2[nH]1. The van der Waals surface area contributed by atoms with Crippen LogP contribution in [0.3, 0.4) is 0 Å². The van der Waals surface area contributed by atoms with Crippen LogP contribution >= 0.6 is 0 Å². The summed E-state index contributed by atoms with van der Waals surface area (Å²) in [4.78, 5) is 41.0. The van der Waals surface area contributed by atoms with Crippen LogP contribution in [0.4, 0.5) is 0 Å². The Balaban J connectivity index is 1.50. The van der Waals surface area contributed by atoms with Crippen LogP contribution in [0.5, 0.6) is 5.75 Å². The number of aromatic nitrogens is 1. The molecule has 260 valence electrons. The van der Waals surface area contributed by atoms with E-state index in [1.165, 1.54) is 14.0 Å². The third-order valence-electron chi connectivity index (χ3n) is 7.85. The normalized spacial score (nSPS) is 11.6. The number of ether oxygens (including phenoxy) is 6. The number of hydrogen-bond donors (Lipinski definition) is 1. The third-order valence-corrected chi connectivity index (χ3v) is 7.85. The zero-order chi connectivity index (χ0) is 35.1. The van der Waals surface area contributed by atoms with Gasteiger partial charge in [0.15, 0.2) is 0 Å². The third kappa shape index (κ3) is 10.3.